The van der Waals surface area contributed by atoms with Crippen LogP contribution in [0.15, 0.2) is 150 Å². The third-order valence-electron chi connectivity index (χ3n) is 10.7. The van der Waals surface area contributed by atoms with Gasteiger partial charge in [-0.1, -0.05) is 97.9 Å². The molecule has 0 amide bonds. The molecule has 1 aliphatic carbocycles. The van der Waals surface area contributed by atoms with Crippen LogP contribution in [0.25, 0.3) is 99.8 Å². The molecule has 0 spiro atoms. The Kier molecular flexibility index (Phi) is 5.97. The Balaban J connectivity index is 1.12. The maximum absolute atomic E-state index is 6.16. The number of hydrogen-bond acceptors (Lipinski definition) is 3. The van der Waals surface area contributed by atoms with Crippen molar-refractivity contribution in [2.75, 3.05) is 0 Å². The third kappa shape index (κ3) is 4.26. The van der Waals surface area contributed by atoms with Gasteiger partial charge in [0, 0.05) is 38.4 Å². The fourth-order valence-electron chi connectivity index (χ4n) is 8.31. The van der Waals surface area contributed by atoms with Gasteiger partial charge < -0.3 is 8.98 Å². The second-order valence-corrected chi connectivity index (χ2v) is 13.8. The van der Waals surface area contributed by atoms with Crippen LogP contribution in [0.2, 0.25) is 0 Å². The van der Waals surface area contributed by atoms with Gasteiger partial charge in [-0.2, -0.15) is 0 Å². The molecule has 0 radical (unpaired) electrons. The summed E-state index contributed by atoms with van der Waals surface area (Å²) in [6.07, 6.45) is 5.68. The predicted octanol–water partition coefficient (Wildman–Crippen LogP) is 12.3. The highest BCUT2D eigenvalue weighted by Gasteiger charge is 2.22. The first-order chi connectivity index (χ1) is 25.2. The number of fused-ring (bicyclic) bond motifs is 11. The molecule has 3 heterocycles. The molecule has 1 atom stereocenters. The van der Waals surface area contributed by atoms with Gasteiger partial charge in [0.2, 0.25) is 0 Å². The van der Waals surface area contributed by atoms with Crippen molar-refractivity contribution in [3.05, 3.63) is 157 Å². The van der Waals surface area contributed by atoms with Gasteiger partial charge in [-0.3, -0.25) is 0 Å². The van der Waals surface area contributed by atoms with Crippen molar-refractivity contribution < 1.29 is 4.42 Å². The molecule has 7 aromatic carbocycles. The summed E-state index contributed by atoms with van der Waals surface area (Å²) in [6.45, 7) is 2.31. The van der Waals surface area contributed by atoms with Crippen molar-refractivity contribution in [2.45, 2.75) is 13.3 Å². The van der Waals surface area contributed by atoms with E-state index in [0.29, 0.717) is 5.92 Å². The first kappa shape index (κ1) is 28.3. The van der Waals surface area contributed by atoms with Gasteiger partial charge in [0.1, 0.15) is 11.2 Å². The summed E-state index contributed by atoms with van der Waals surface area (Å²) in [4.78, 5) is 10.5. The van der Waals surface area contributed by atoms with Crippen LogP contribution >= 0.6 is 0 Å². The molecule has 4 heteroatoms. The molecule has 0 saturated carbocycles. The maximum Gasteiger partial charge on any atom is 0.135 e. The van der Waals surface area contributed by atoms with Gasteiger partial charge >= 0.3 is 0 Å². The molecule has 3 aromatic heterocycles. The van der Waals surface area contributed by atoms with E-state index in [-0.39, 0.29) is 0 Å². The summed E-state index contributed by atoms with van der Waals surface area (Å²) in [5, 5.41) is 7.43. The minimum absolute atomic E-state index is 0.501. The third-order valence-corrected chi connectivity index (χ3v) is 10.7. The Morgan fingerprint density at radius 1 is 0.588 bits per heavy atom. The van der Waals surface area contributed by atoms with Crippen LogP contribution in [-0.4, -0.2) is 14.5 Å². The molecule has 1 unspecified atom stereocenters. The van der Waals surface area contributed by atoms with Crippen LogP contribution in [0.4, 0.5) is 0 Å². The zero-order valence-corrected chi connectivity index (χ0v) is 28.0. The van der Waals surface area contributed by atoms with E-state index in [1.807, 2.05) is 36.4 Å². The van der Waals surface area contributed by atoms with E-state index in [4.69, 9.17) is 14.4 Å². The van der Waals surface area contributed by atoms with Gasteiger partial charge in [-0.25, -0.2) is 9.97 Å². The summed E-state index contributed by atoms with van der Waals surface area (Å²) in [6, 6.07) is 49.5. The molecular formula is C47H31N3O. The second-order valence-electron chi connectivity index (χ2n) is 13.8. The summed E-state index contributed by atoms with van der Waals surface area (Å²) in [7, 11) is 0. The highest BCUT2D eigenvalue weighted by Crippen LogP contribution is 2.42. The van der Waals surface area contributed by atoms with E-state index >= 15 is 0 Å². The fourth-order valence-corrected chi connectivity index (χ4v) is 8.31. The first-order valence-corrected chi connectivity index (χ1v) is 17.6. The lowest BCUT2D eigenvalue weighted by Gasteiger charge is -2.17. The standard InChI is InChI=1S/C47H31N3O/c1-28-14-15-30-19-24-41-45(36(30)26-28)44-34-9-3-2-8-29(34)18-23-40(44)50(41)33-21-16-31(17-22-33)46-47(49-39-12-6-5-11-38(39)48-46)32-20-25-43-37(27-32)35-10-4-7-13-42(35)51-43/h2-25,27-28H,26H2,1H3. The molecular weight excluding hydrogens is 623 g/mol. The summed E-state index contributed by atoms with van der Waals surface area (Å²) < 4.78 is 8.60. The number of hydrogen-bond donors (Lipinski definition) is 0. The van der Waals surface area contributed by atoms with E-state index in [9.17, 15) is 0 Å². The van der Waals surface area contributed by atoms with Gasteiger partial charge in [0.25, 0.3) is 0 Å². The molecule has 1 aliphatic rings. The Morgan fingerprint density at radius 2 is 1.25 bits per heavy atom. The van der Waals surface area contributed by atoms with E-state index in [2.05, 4.69) is 127 Å². The van der Waals surface area contributed by atoms with Crippen molar-refractivity contribution in [3.8, 4) is 28.2 Å². The number of para-hydroxylation sites is 3. The van der Waals surface area contributed by atoms with Gasteiger partial charge in [0.15, 0.2) is 0 Å². The molecule has 11 rings (SSSR count). The van der Waals surface area contributed by atoms with Crippen LogP contribution in [-0.2, 0) is 6.42 Å². The lowest BCUT2D eigenvalue weighted by Crippen LogP contribution is -2.04. The number of allylic oxidation sites excluding steroid dienone is 1. The molecule has 240 valence electrons. The smallest absolute Gasteiger partial charge is 0.135 e. The van der Waals surface area contributed by atoms with Gasteiger partial charge in [0.05, 0.1) is 33.5 Å². The van der Waals surface area contributed by atoms with E-state index in [0.717, 1.165) is 67.6 Å². The second kappa shape index (κ2) is 10.7. The van der Waals surface area contributed by atoms with Crippen molar-refractivity contribution in [1.29, 1.82) is 0 Å². The molecule has 4 nitrogen and oxygen atoms in total. The number of nitrogens with zero attached hydrogens (tertiary/aromatic N) is 3. The Hall–Kier alpha value is -6.52. The average molecular weight is 654 g/mol. The van der Waals surface area contributed by atoms with Crippen LogP contribution in [0.1, 0.15) is 18.1 Å². The SMILES string of the molecule is CC1C=Cc2ccc3c(c2C1)c1c2ccccc2ccc1n3-c1ccc(-c2nc3ccccc3nc2-c2ccc3oc4ccccc4c3c2)cc1. The largest absolute Gasteiger partial charge is 0.456 e. The monoisotopic (exact) mass is 653 g/mol. The lowest BCUT2D eigenvalue weighted by molar-refractivity contribution is 0.669. The number of rotatable bonds is 3. The highest BCUT2D eigenvalue weighted by molar-refractivity contribution is 6.22. The van der Waals surface area contributed by atoms with Crippen molar-refractivity contribution in [2.24, 2.45) is 5.92 Å². The molecule has 0 fully saturated rings. The van der Waals surface area contributed by atoms with Gasteiger partial charge in [-0.05, 0) is 94.9 Å². The number of furan rings is 1. The lowest BCUT2D eigenvalue weighted by atomic mass is 9.87. The Bertz CT molecular complexity index is 3070. The normalized spacial score (nSPS) is 14.4. The zero-order valence-electron chi connectivity index (χ0n) is 28.0. The molecule has 0 bridgehead atoms. The Labute approximate surface area is 293 Å². The zero-order chi connectivity index (χ0) is 33.6. The highest BCUT2D eigenvalue weighted by atomic mass is 16.3. The van der Waals surface area contributed by atoms with E-state index in [1.165, 1.54) is 43.7 Å². The minimum Gasteiger partial charge on any atom is -0.456 e. The van der Waals surface area contributed by atoms with Crippen molar-refractivity contribution in [1.82, 2.24) is 14.5 Å². The van der Waals surface area contributed by atoms with Crippen molar-refractivity contribution in [3.63, 3.8) is 0 Å². The van der Waals surface area contributed by atoms with Crippen LogP contribution in [0, 0.1) is 5.92 Å². The fraction of sp³-hybridized carbons (Fsp3) is 0.0638. The van der Waals surface area contributed by atoms with E-state index < -0.39 is 0 Å². The van der Waals surface area contributed by atoms with Crippen molar-refractivity contribution >= 4 is 71.6 Å². The minimum atomic E-state index is 0.501. The molecule has 10 aromatic rings. The predicted molar refractivity (Wildman–Crippen MR) is 211 cm³/mol. The summed E-state index contributed by atoms with van der Waals surface area (Å²) in [5.41, 5.74) is 13.6. The van der Waals surface area contributed by atoms with Crippen LogP contribution in [0.5, 0.6) is 0 Å². The topological polar surface area (TPSA) is 43.9 Å². The van der Waals surface area contributed by atoms with Gasteiger partial charge in [-0.15, -0.1) is 0 Å². The first-order valence-electron chi connectivity index (χ1n) is 17.6. The van der Waals surface area contributed by atoms with Crippen LogP contribution < -0.4 is 0 Å². The Morgan fingerprint density at radius 3 is 2.10 bits per heavy atom. The molecule has 0 saturated heterocycles. The summed E-state index contributed by atoms with van der Waals surface area (Å²) in [5.74, 6) is 0.501. The number of aromatic nitrogens is 3. The average Bonchev–Trinajstić information content (AvgIpc) is 3.73. The maximum atomic E-state index is 6.16. The summed E-state index contributed by atoms with van der Waals surface area (Å²) >= 11 is 0. The molecule has 51 heavy (non-hydrogen) atoms. The van der Waals surface area contributed by atoms with Crippen LogP contribution in [0.3, 0.4) is 0 Å². The van der Waals surface area contributed by atoms with E-state index in [1.54, 1.807) is 0 Å². The molecule has 0 N–H and O–H groups in total. The molecule has 0 aliphatic heterocycles. The quantitative estimate of drug-likeness (QED) is 0.191. The number of benzene rings is 7.